The highest BCUT2D eigenvalue weighted by Crippen LogP contribution is 2.28. The van der Waals surface area contributed by atoms with Gasteiger partial charge in [0.1, 0.15) is 5.82 Å². The summed E-state index contributed by atoms with van der Waals surface area (Å²) in [7, 11) is 0. The van der Waals surface area contributed by atoms with Crippen LogP contribution in [0.3, 0.4) is 0 Å². The van der Waals surface area contributed by atoms with E-state index in [2.05, 4.69) is 39.9 Å². The molecular formula is C14H23N3. The van der Waals surface area contributed by atoms with Crippen LogP contribution >= 0.6 is 0 Å². The second-order valence-corrected chi connectivity index (χ2v) is 6.07. The topological polar surface area (TPSA) is 37.8 Å². The molecule has 17 heavy (non-hydrogen) atoms. The van der Waals surface area contributed by atoms with E-state index in [9.17, 15) is 0 Å². The molecule has 2 heterocycles. The van der Waals surface area contributed by atoms with E-state index >= 15 is 0 Å². The lowest BCUT2D eigenvalue weighted by Gasteiger charge is -2.21. The average Bonchev–Trinajstić information content (AvgIpc) is 2.68. The molecule has 3 nitrogen and oxygen atoms in total. The Morgan fingerprint density at radius 3 is 2.12 bits per heavy atom. The molecule has 1 aromatic heterocycles. The Balaban J connectivity index is 2.42. The summed E-state index contributed by atoms with van der Waals surface area (Å²) in [4.78, 5) is 9.42. The Kier molecular flexibility index (Phi) is 3.21. The monoisotopic (exact) mass is 233 g/mol. The van der Waals surface area contributed by atoms with Crippen molar-refractivity contribution in [2.75, 3.05) is 13.1 Å². The zero-order chi connectivity index (χ0) is 12.6. The molecule has 94 valence electrons. The standard InChI is InChI=1S/C14H23N3/c1-9-12(11-6-7-15-8-11)10(2)17-13(16-9)14(3,4)5/h11,15H,6-8H2,1-5H3. The first-order valence-electron chi connectivity index (χ1n) is 6.46. The van der Waals surface area contributed by atoms with Gasteiger partial charge in [0, 0.05) is 29.3 Å². The van der Waals surface area contributed by atoms with Crippen LogP contribution in [0.25, 0.3) is 0 Å². The highest BCUT2D eigenvalue weighted by Gasteiger charge is 2.25. The Bertz CT molecular complexity index is 389. The van der Waals surface area contributed by atoms with Gasteiger partial charge in [-0.15, -0.1) is 0 Å². The molecule has 1 unspecified atom stereocenters. The fourth-order valence-electron chi connectivity index (χ4n) is 2.55. The highest BCUT2D eigenvalue weighted by atomic mass is 14.9. The van der Waals surface area contributed by atoms with Crippen LogP contribution in [0.15, 0.2) is 0 Å². The van der Waals surface area contributed by atoms with E-state index in [1.807, 2.05) is 0 Å². The Morgan fingerprint density at radius 2 is 1.71 bits per heavy atom. The first-order valence-corrected chi connectivity index (χ1v) is 6.46. The van der Waals surface area contributed by atoms with Gasteiger partial charge in [-0.25, -0.2) is 9.97 Å². The number of aromatic nitrogens is 2. The smallest absolute Gasteiger partial charge is 0.134 e. The minimum atomic E-state index is 0.0297. The molecule has 1 aliphatic rings. The Morgan fingerprint density at radius 1 is 1.12 bits per heavy atom. The molecule has 2 rings (SSSR count). The predicted molar refractivity (Wildman–Crippen MR) is 70.4 cm³/mol. The molecule has 0 aliphatic carbocycles. The zero-order valence-corrected chi connectivity index (χ0v) is 11.6. The molecule has 1 aliphatic heterocycles. The van der Waals surface area contributed by atoms with Gasteiger partial charge in [-0.1, -0.05) is 20.8 Å². The fourth-order valence-corrected chi connectivity index (χ4v) is 2.55. The van der Waals surface area contributed by atoms with Crippen molar-refractivity contribution in [1.82, 2.24) is 15.3 Å². The quantitative estimate of drug-likeness (QED) is 0.809. The molecule has 0 bridgehead atoms. The summed E-state index contributed by atoms with van der Waals surface area (Å²) < 4.78 is 0. The first-order chi connectivity index (χ1) is 7.89. The molecule has 0 aromatic carbocycles. The number of rotatable bonds is 1. The van der Waals surface area contributed by atoms with E-state index in [4.69, 9.17) is 9.97 Å². The van der Waals surface area contributed by atoms with Gasteiger partial charge in [0.25, 0.3) is 0 Å². The lowest BCUT2D eigenvalue weighted by Crippen LogP contribution is -2.20. The molecular weight excluding hydrogens is 210 g/mol. The van der Waals surface area contributed by atoms with Crippen LogP contribution in [0.1, 0.15) is 55.9 Å². The van der Waals surface area contributed by atoms with Crippen LogP contribution in [0.4, 0.5) is 0 Å². The number of nitrogens with zero attached hydrogens (tertiary/aromatic N) is 2. The number of hydrogen-bond donors (Lipinski definition) is 1. The Labute approximate surface area is 104 Å². The Hall–Kier alpha value is -0.960. The van der Waals surface area contributed by atoms with Crippen LogP contribution in [-0.2, 0) is 5.41 Å². The van der Waals surface area contributed by atoms with Crippen molar-refractivity contribution >= 4 is 0 Å². The second kappa shape index (κ2) is 4.37. The van der Waals surface area contributed by atoms with Gasteiger partial charge in [0.15, 0.2) is 0 Å². The van der Waals surface area contributed by atoms with Crippen molar-refractivity contribution in [3.8, 4) is 0 Å². The van der Waals surface area contributed by atoms with Gasteiger partial charge in [-0.05, 0) is 32.4 Å². The summed E-state index contributed by atoms with van der Waals surface area (Å²) in [5.41, 5.74) is 3.72. The molecule has 1 N–H and O–H groups in total. The van der Waals surface area contributed by atoms with Crippen molar-refractivity contribution in [3.63, 3.8) is 0 Å². The largest absolute Gasteiger partial charge is 0.316 e. The predicted octanol–water partition coefficient (Wildman–Crippen LogP) is 2.47. The first kappa shape index (κ1) is 12.5. The summed E-state index contributed by atoms with van der Waals surface area (Å²) >= 11 is 0. The van der Waals surface area contributed by atoms with Crippen molar-refractivity contribution in [2.45, 2.75) is 52.4 Å². The number of nitrogens with one attached hydrogen (secondary N) is 1. The summed E-state index contributed by atoms with van der Waals surface area (Å²) in [5, 5.41) is 3.41. The van der Waals surface area contributed by atoms with Crippen LogP contribution in [-0.4, -0.2) is 23.1 Å². The van der Waals surface area contributed by atoms with Gasteiger partial charge in [0.05, 0.1) is 0 Å². The molecule has 0 amide bonds. The minimum absolute atomic E-state index is 0.0297. The third kappa shape index (κ3) is 2.49. The number of hydrogen-bond acceptors (Lipinski definition) is 3. The highest BCUT2D eigenvalue weighted by molar-refractivity contribution is 5.30. The van der Waals surface area contributed by atoms with Gasteiger partial charge in [-0.3, -0.25) is 0 Å². The van der Waals surface area contributed by atoms with Gasteiger partial charge < -0.3 is 5.32 Å². The molecule has 3 heteroatoms. The minimum Gasteiger partial charge on any atom is -0.316 e. The lowest BCUT2D eigenvalue weighted by molar-refractivity contribution is 0.536. The van der Waals surface area contributed by atoms with Crippen LogP contribution in [0.2, 0.25) is 0 Å². The van der Waals surface area contributed by atoms with Gasteiger partial charge in [0.2, 0.25) is 0 Å². The summed E-state index contributed by atoms with van der Waals surface area (Å²) in [6.45, 7) is 12.9. The number of aryl methyl sites for hydroxylation is 2. The lowest BCUT2D eigenvalue weighted by atomic mass is 9.92. The molecule has 0 spiro atoms. The van der Waals surface area contributed by atoms with Crippen molar-refractivity contribution < 1.29 is 0 Å². The molecule has 1 fully saturated rings. The van der Waals surface area contributed by atoms with Gasteiger partial charge >= 0.3 is 0 Å². The molecule has 1 saturated heterocycles. The summed E-state index contributed by atoms with van der Waals surface area (Å²) in [6.07, 6.45) is 1.21. The summed E-state index contributed by atoms with van der Waals surface area (Å²) in [6, 6.07) is 0. The van der Waals surface area contributed by atoms with Gasteiger partial charge in [-0.2, -0.15) is 0 Å². The van der Waals surface area contributed by atoms with E-state index in [0.29, 0.717) is 5.92 Å². The van der Waals surface area contributed by atoms with E-state index in [1.165, 1.54) is 12.0 Å². The summed E-state index contributed by atoms with van der Waals surface area (Å²) in [5.74, 6) is 1.56. The van der Waals surface area contributed by atoms with Crippen molar-refractivity contribution in [3.05, 3.63) is 22.8 Å². The van der Waals surface area contributed by atoms with Crippen LogP contribution in [0, 0.1) is 13.8 Å². The van der Waals surface area contributed by atoms with E-state index in [1.54, 1.807) is 0 Å². The third-order valence-electron chi connectivity index (χ3n) is 3.47. The van der Waals surface area contributed by atoms with E-state index in [-0.39, 0.29) is 5.41 Å². The second-order valence-electron chi connectivity index (χ2n) is 6.07. The van der Waals surface area contributed by atoms with Crippen LogP contribution in [0.5, 0.6) is 0 Å². The SMILES string of the molecule is Cc1nc(C(C)(C)C)nc(C)c1C1CCNC1. The van der Waals surface area contributed by atoms with Crippen LogP contribution < -0.4 is 5.32 Å². The average molecular weight is 233 g/mol. The molecule has 0 radical (unpaired) electrons. The van der Waals surface area contributed by atoms with E-state index < -0.39 is 0 Å². The van der Waals surface area contributed by atoms with Crippen molar-refractivity contribution in [1.29, 1.82) is 0 Å². The van der Waals surface area contributed by atoms with Crippen molar-refractivity contribution in [2.24, 2.45) is 0 Å². The maximum atomic E-state index is 4.71. The third-order valence-corrected chi connectivity index (χ3v) is 3.47. The van der Waals surface area contributed by atoms with E-state index in [0.717, 1.165) is 30.3 Å². The molecule has 1 atom stereocenters. The normalized spacial score (nSPS) is 20.9. The molecule has 0 saturated carbocycles. The maximum Gasteiger partial charge on any atom is 0.134 e. The molecule has 1 aromatic rings. The fraction of sp³-hybridized carbons (Fsp3) is 0.714. The maximum absolute atomic E-state index is 4.71. The zero-order valence-electron chi connectivity index (χ0n) is 11.6.